The van der Waals surface area contributed by atoms with Gasteiger partial charge in [0.2, 0.25) is 0 Å². The van der Waals surface area contributed by atoms with Gasteiger partial charge >= 0.3 is 6.36 Å². The van der Waals surface area contributed by atoms with E-state index in [-0.39, 0.29) is 24.3 Å². The molecule has 1 amide bonds. The highest BCUT2D eigenvalue weighted by atomic mass is 19.4. The molecule has 35 heavy (non-hydrogen) atoms. The van der Waals surface area contributed by atoms with Crippen molar-refractivity contribution in [3.63, 3.8) is 0 Å². The zero-order valence-electron chi connectivity index (χ0n) is 18.1. The molecule has 7 nitrogen and oxygen atoms in total. The smallest absolute Gasteiger partial charge is 0.491 e. The molecule has 0 saturated carbocycles. The normalized spacial score (nSPS) is 17.3. The van der Waals surface area contributed by atoms with Crippen molar-refractivity contribution in [1.82, 2.24) is 15.3 Å². The van der Waals surface area contributed by atoms with E-state index < -0.39 is 17.8 Å². The van der Waals surface area contributed by atoms with Crippen molar-refractivity contribution in [2.75, 3.05) is 6.61 Å². The Morgan fingerprint density at radius 3 is 2.69 bits per heavy atom. The third kappa shape index (κ3) is 4.30. The summed E-state index contributed by atoms with van der Waals surface area (Å²) in [6, 6.07) is 15.1. The second-order valence-corrected chi connectivity index (χ2v) is 7.99. The minimum Gasteiger partial charge on any atom is -0.491 e. The van der Waals surface area contributed by atoms with Gasteiger partial charge in [-0.2, -0.15) is 0 Å². The largest absolute Gasteiger partial charge is 0.573 e. The van der Waals surface area contributed by atoms with Gasteiger partial charge < -0.3 is 19.8 Å². The molecule has 0 saturated heterocycles. The highest BCUT2D eigenvalue weighted by molar-refractivity contribution is 5.99. The Hall–Kier alpha value is -4.34. The van der Waals surface area contributed by atoms with Gasteiger partial charge in [0.1, 0.15) is 22.7 Å². The molecule has 3 heterocycles. The number of amides is 1. The highest BCUT2D eigenvalue weighted by Gasteiger charge is 2.42. The molecule has 10 heteroatoms. The van der Waals surface area contributed by atoms with Crippen LogP contribution in [0.25, 0.3) is 10.8 Å². The predicted molar refractivity (Wildman–Crippen MR) is 120 cm³/mol. The quantitative estimate of drug-likeness (QED) is 0.454. The third-order valence-corrected chi connectivity index (χ3v) is 5.85. The van der Waals surface area contributed by atoms with Crippen molar-refractivity contribution < 1.29 is 27.4 Å². The van der Waals surface area contributed by atoms with Crippen molar-refractivity contribution in [3.8, 4) is 11.5 Å². The molecule has 2 aromatic carbocycles. The number of aromatic amines is 1. The van der Waals surface area contributed by atoms with E-state index in [0.29, 0.717) is 33.3 Å². The molecule has 2 N–H and O–H groups in total. The Labute approximate surface area is 196 Å². The number of ether oxygens (including phenoxy) is 2. The van der Waals surface area contributed by atoms with Crippen molar-refractivity contribution in [3.05, 3.63) is 100 Å². The molecule has 4 aromatic rings. The molecule has 1 aliphatic rings. The van der Waals surface area contributed by atoms with Gasteiger partial charge in [-0.15, -0.1) is 13.2 Å². The number of H-pyrrole nitrogens is 1. The molecule has 1 aliphatic heterocycles. The molecule has 0 aliphatic carbocycles. The fourth-order valence-corrected chi connectivity index (χ4v) is 4.28. The van der Waals surface area contributed by atoms with Crippen LogP contribution >= 0.6 is 0 Å². The number of hydrogen-bond acceptors (Lipinski definition) is 5. The minimum atomic E-state index is -4.82. The maximum Gasteiger partial charge on any atom is 0.573 e. The maximum absolute atomic E-state index is 13.4. The summed E-state index contributed by atoms with van der Waals surface area (Å²) < 4.78 is 47.6. The van der Waals surface area contributed by atoms with Crippen LogP contribution in [0, 0.1) is 0 Å². The number of halogens is 3. The summed E-state index contributed by atoms with van der Waals surface area (Å²) >= 11 is 0. The summed E-state index contributed by atoms with van der Waals surface area (Å²) in [5.74, 6) is -0.364. The SMILES string of the molecule is O=C(NC1(c2ccc(OC(F)(F)F)cc2)CCOc2cccnc21)c1ccc2c(=O)[nH]ccc2c1. The summed E-state index contributed by atoms with van der Waals surface area (Å²) in [4.78, 5) is 32.5. The number of nitrogens with zero attached hydrogens (tertiary/aromatic N) is 1. The summed E-state index contributed by atoms with van der Waals surface area (Å²) in [6.45, 7) is 0.243. The molecule has 0 fully saturated rings. The average molecular weight is 481 g/mol. The first kappa shape index (κ1) is 22.5. The number of alkyl halides is 3. The van der Waals surface area contributed by atoms with E-state index in [1.807, 2.05) is 0 Å². The van der Waals surface area contributed by atoms with E-state index >= 15 is 0 Å². The summed E-state index contributed by atoms with van der Waals surface area (Å²) in [7, 11) is 0. The number of rotatable bonds is 4. The monoisotopic (exact) mass is 481 g/mol. The number of benzene rings is 2. The molecule has 0 spiro atoms. The first-order valence-corrected chi connectivity index (χ1v) is 10.6. The zero-order valence-corrected chi connectivity index (χ0v) is 18.1. The molecular formula is C25H18F3N3O4. The van der Waals surface area contributed by atoms with Crippen molar-refractivity contribution in [1.29, 1.82) is 0 Å². The van der Waals surface area contributed by atoms with E-state index in [0.717, 1.165) is 0 Å². The lowest BCUT2D eigenvalue weighted by molar-refractivity contribution is -0.274. The van der Waals surface area contributed by atoms with Gasteiger partial charge in [0.15, 0.2) is 0 Å². The van der Waals surface area contributed by atoms with Crippen molar-refractivity contribution in [2.45, 2.75) is 18.3 Å². The van der Waals surface area contributed by atoms with E-state index in [4.69, 9.17) is 4.74 Å². The fraction of sp³-hybridized carbons (Fsp3) is 0.160. The molecule has 1 atom stereocenters. The van der Waals surface area contributed by atoms with E-state index in [2.05, 4.69) is 20.0 Å². The molecule has 178 valence electrons. The minimum absolute atomic E-state index is 0.243. The van der Waals surface area contributed by atoms with Gasteiger partial charge in [0.05, 0.1) is 6.61 Å². The summed E-state index contributed by atoms with van der Waals surface area (Å²) in [5.41, 5.74) is -0.188. The third-order valence-electron chi connectivity index (χ3n) is 5.85. The first-order valence-electron chi connectivity index (χ1n) is 10.6. The van der Waals surface area contributed by atoms with Crippen LogP contribution in [-0.4, -0.2) is 28.8 Å². The molecule has 0 bridgehead atoms. The van der Waals surface area contributed by atoms with Gasteiger partial charge in [0.25, 0.3) is 11.5 Å². The van der Waals surface area contributed by atoms with Crippen LogP contribution in [0.2, 0.25) is 0 Å². The molecule has 2 aromatic heterocycles. The van der Waals surface area contributed by atoms with Gasteiger partial charge in [-0.05, 0) is 59.5 Å². The van der Waals surface area contributed by atoms with E-state index in [9.17, 15) is 22.8 Å². The predicted octanol–water partition coefficient (Wildman–Crippen LogP) is 4.28. The van der Waals surface area contributed by atoms with Gasteiger partial charge in [-0.1, -0.05) is 12.1 Å². The Kier molecular flexibility index (Phi) is 5.43. The second kappa shape index (κ2) is 8.46. The van der Waals surface area contributed by atoms with Crippen LogP contribution in [0.5, 0.6) is 11.5 Å². The zero-order chi connectivity index (χ0) is 24.6. The van der Waals surface area contributed by atoms with Crippen LogP contribution in [0.3, 0.4) is 0 Å². The van der Waals surface area contributed by atoms with Crippen LogP contribution in [0.15, 0.2) is 77.9 Å². The first-order chi connectivity index (χ1) is 16.7. The summed E-state index contributed by atoms with van der Waals surface area (Å²) in [5, 5.41) is 4.07. The second-order valence-electron chi connectivity index (χ2n) is 7.99. The molecular weight excluding hydrogens is 463 g/mol. The van der Waals surface area contributed by atoms with Gasteiger partial charge in [0, 0.05) is 29.8 Å². The average Bonchev–Trinajstić information content (AvgIpc) is 2.83. The molecule has 0 radical (unpaired) electrons. The standard InChI is InChI=1S/C25H18F3N3O4/c26-25(27,28)35-18-6-4-17(5-7-18)24(10-13-34-20-2-1-11-29-21(20)24)31-22(32)16-3-8-19-15(14-16)9-12-30-23(19)33/h1-9,11-12,14H,10,13H2,(H,30,33)(H,31,32). The molecule has 1 unspecified atom stereocenters. The lowest BCUT2D eigenvalue weighted by Gasteiger charge is -2.39. The Morgan fingerprint density at radius 1 is 1.11 bits per heavy atom. The Bertz CT molecular complexity index is 1470. The van der Waals surface area contributed by atoms with Gasteiger partial charge in [-0.25, -0.2) is 0 Å². The number of pyridine rings is 2. The Balaban J connectivity index is 1.57. The number of nitrogens with one attached hydrogen (secondary N) is 2. The number of hydrogen-bond donors (Lipinski definition) is 2. The van der Waals surface area contributed by atoms with Gasteiger partial charge in [-0.3, -0.25) is 14.6 Å². The lowest BCUT2D eigenvalue weighted by atomic mass is 9.81. The van der Waals surface area contributed by atoms with E-state index in [1.54, 1.807) is 42.6 Å². The van der Waals surface area contributed by atoms with Crippen LogP contribution in [0.1, 0.15) is 28.0 Å². The maximum atomic E-state index is 13.4. The number of fused-ring (bicyclic) bond motifs is 2. The lowest BCUT2D eigenvalue weighted by Crippen LogP contribution is -2.50. The van der Waals surface area contributed by atoms with Crippen LogP contribution in [0.4, 0.5) is 13.2 Å². The van der Waals surface area contributed by atoms with Crippen molar-refractivity contribution >= 4 is 16.7 Å². The van der Waals surface area contributed by atoms with Crippen LogP contribution in [-0.2, 0) is 5.54 Å². The fourth-order valence-electron chi connectivity index (χ4n) is 4.28. The topological polar surface area (TPSA) is 93.3 Å². The highest BCUT2D eigenvalue weighted by Crippen LogP contribution is 2.41. The molecule has 5 rings (SSSR count). The Morgan fingerprint density at radius 2 is 1.91 bits per heavy atom. The number of aromatic nitrogens is 2. The van der Waals surface area contributed by atoms with E-state index in [1.165, 1.54) is 30.5 Å². The summed E-state index contributed by atoms with van der Waals surface area (Å²) in [6.07, 6.45) is -1.48. The number of carbonyl (C=O) groups is 1. The van der Waals surface area contributed by atoms with Crippen LogP contribution < -0.4 is 20.3 Å². The van der Waals surface area contributed by atoms with Crippen molar-refractivity contribution in [2.24, 2.45) is 0 Å². The number of carbonyl (C=O) groups excluding carboxylic acids is 1.